The van der Waals surface area contributed by atoms with Gasteiger partial charge in [0.2, 0.25) is 29.5 Å². The maximum absolute atomic E-state index is 14.8. The molecule has 50 heavy (non-hydrogen) atoms. The van der Waals surface area contributed by atoms with Crippen LogP contribution in [0.2, 0.25) is 0 Å². The van der Waals surface area contributed by atoms with E-state index >= 15 is 0 Å². The SMILES string of the molecule is CC(=O)N[C@H]1CCN(C(=O)[C@H]2Cc3ccc(cc3)Oc3cc(ccc3F)CC(=O)N[C@H](Cc3ccccc3)C(=O)N[C@@H](CC(C)C)C(=O)N2)C1. The van der Waals surface area contributed by atoms with Gasteiger partial charge in [-0.2, -0.15) is 0 Å². The van der Waals surface area contributed by atoms with E-state index in [2.05, 4.69) is 21.3 Å². The molecule has 0 aromatic heterocycles. The van der Waals surface area contributed by atoms with Gasteiger partial charge in [-0.3, -0.25) is 24.0 Å². The van der Waals surface area contributed by atoms with Crippen LogP contribution in [-0.2, 0) is 43.2 Å². The largest absolute Gasteiger partial charge is 0.454 e. The summed E-state index contributed by atoms with van der Waals surface area (Å²) in [6.45, 7) is 5.98. The van der Waals surface area contributed by atoms with Crippen molar-refractivity contribution in [2.75, 3.05) is 13.1 Å². The third kappa shape index (κ3) is 9.90. The molecular weight excluding hydrogens is 641 g/mol. The highest BCUT2D eigenvalue weighted by atomic mass is 19.1. The molecule has 0 saturated carbocycles. The first-order valence-electron chi connectivity index (χ1n) is 17.0. The van der Waals surface area contributed by atoms with E-state index in [-0.39, 0.29) is 55.2 Å². The smallest absolute Gasteiger partial charge is 0.245 e. The van der Waals surface area contributed by atoms with Crippen LogP contribution in [0.1, 0.15) is 50.3 Å². The number of likely N-dealkylation sites (tertiary alicyclic amines) is 1. The molecule has 264 valence electrons. The molecule has 6 rings (SSSR count). The Balaban J connectivity index is 1.49. The number of ether oxygens (including phenoxy) is 1. The van der Waals surface area contributed by atoms with E-state index in [9.17, 15) is 28.4 Å². The van der Waals surface area contributed by atoms with Gasteiger partial charge in [0.1, 0.15) is 23.9 Å². The zero-order valence-corrected chi connectivity index (χ0v) is 28.5. The summed E-state index contributed by atoms with van der Waals surface area (Å²) in [6.07, 6.45) is 1.00. The van der Waals surface area contributed by atoms with Gasteiger partial charge in [-0.1, -0.05) is 62.4 Å². The molecule has 4 N–H and O–H groups in total. The van der Waals surface area contributed by atoms with Gasteiger partial charge in [-0.15, -0.1) is 0 Å². The summed E-state index contributed by atoms with van der Waals surface area (Å²) < 4.78 is 20.7. The monoisotopic (exact) mass is 685 g/mol. The van der Waals surface area contributed by atoms with E-state index in [0.717, 1.165) is 5.56 Å². The molecule has 1 saturated heterocycles. The molecule has 0 unspecified atom stereocenters. The van der Waals surface area contributed by atoms with E-state index in [1.807, 2.05) is 44.2 Å². The van der Waals surface area contributed by atoms with Gasteiger partial charge in [-0.05, 0) is 59.7 Å². The number of hydrogen-bond donors (Lipinski definition) is 4. The van der Waals surface area contributed by atoms with Crippen LogP contribution >= 0.6 is 0 Å². The number of hydrogen-bond acceptors (Lipinski definition) is 6. The fraction of sp³-hybridized carbons (Fsp3) is 0.395. The lowest BCUT2D eigenvalue weighted by Crippen LogP contribution is -2.58. The van der Waals surface area contributed by atoms with Crippen molar-refractivity contribution in [2.24, 2.45) is 5.92 Å². The lowest BCUT2D eigenvalue weighted by atomic mass is 9.99. The van der Waals surface area contributed by atoms with Crippen LogP contribution in [0.3, 0.4) is 0 Å². The summed E-state index contributed by atoms with van der Waals surface area (Å²) in [4.78, 5) is 68.5. The highest BCUT2D eigenvalue weighted by Crippen LogP contribution is 2.27. The Bertz CT molecular complexity index is 1700. The standard InChI is InChI=1S/C38H44FN5O6/c1-23(2)17-31-36(47)43-33(38(49)44-16-15-28(22-44)40-24(3)45)19-26-9-12-29(13-10-26)50-34-20-27(11-14-30(34)39)21-35(46)41-32(37(48)42-31)18-25-7-5-4-6-8-25/h4-14,20,23,28,31-33H,15-19,21-22H2,1-3H3,(H,40,45)(H,41,46)(H,42,48)(H,43,47)/t28-,31-,32+,33+/m0/s1. The van der Waals surface area contributed by atoms with E-state index in [1.54, 1.807) is 29.2 Å². The van der Waals surface area contributed by atoms with Crippen molar-refractivity contribution in [3.8, 4) is 11.5 Å². The van der Waals surface area contributed by atoms with Gasteiger partial charge in [0.05, 0.1) is 6.42 Å². The van der Waals surface area contributed by atoms with Crippen LogP contribution < -0.4 is 26.0 Å². The van der Waals surface area contributed by atoms with Crippen molar-refractivity contribution in [1.29, 1.82) is 0 Å². The molecule has 0 radical (unpaired) electrons. The van der Waals surface area contributed by atoms with Crippen molar-refractivity contribution >= 4 is 29.5 Å². The molecule has 3 aromatic rings. The Kier molecular flexibility index (Phi) is 11.8. The van der Waals surface area contributed by atoms with Gasteiger partial charge < -0.3 is 30.9 Å². The summed E-state index contributed by atoms with van der Waals surface area (Å²) in [7, 11) is 0. The van der Waals surface area contributed by atoms with Gasteiger partial charge in [0.25, 0.3) is 0 Å². The molecule has 3 aliphatic rings. The topological polar surface area (TPSA) is 146 Å². The molecule has 12 heteroatoms. The summed E-state index contributed by atoms with van der Waals surface area (Å²) in [5.74, 6) is -2.41. The van der Waals surface area contributed by atoms with Crippen LogP contribution in [-0.4, -0.2) is 71.7 Å². The van der Waals surface area contributed by atoms with E-state index in [4.69, 9.17) is 4.74 Å². The number of amides is 5. The van der Waals surface area contributed by atoms with Crippen molar-refractivity contribution in [1.82, 2.24) is 26.2 Å². The number of fused-ring (bicyclic) bond motifs is 12. The van der Waals surface area contributed by atoms with Gasteiger partial charge in [-0.25, -0.2) is 4.39 Å². The normalized spacial score (nSPS) is 21.6. The lowest BCUT2D eigenvalue weighted by molar-refractivity contribution is -0.137. The molecule has 5 amide bonds. The second-order valence-corrected chi connectivity index (χ2v) is 13.4. The minimum absolute atomic E-state index is 0.00110. The fourth-order valence-corrected chi connectivity index (χ4v) is 6.32. The van der Waals surface area contributed by atoms with Crippen molar-refractivity contribution in [3.05, 3.63) is 95.3 Å². The third-order valence-corrected chi connectivity index (χ3v) is 8.75. The number of benzene rings is 3. The maximum atomic E-state index is 14.8. The number of nitrogens with one attached hydrogen (secondary N) is 4. The molecule has 3 heterocycles. The van der Waals surface area contributed by atoms with Crippen molar-refractivity contribution in [3.63, 3.8) is 0 Å². The maximum Gasteiger partial charge on any atom is 0.245 e. The summed E-state index contributed by atoms with van der Waals surface area (Å²) in [5, 5.41) is 11.4. The molecule has 0 aliphatic carbocycles. The van der Waals surface area contributed by atoms with Crippen molar-refractivity contribution < 1.29 is 33.1 Å². The Hall–Kier alpha value is -5.26. The minimum Gasteiger partial charge on any atom is -0.454 e. The fourth-order valence-electron chi connectivity index (χ4n) is 6.32. The molecule has 11 nitrogen and oxygen atoms in total. The number of halogens is 1. The molecule has 4 atom stereocenters. The van der Waals surface area contributed by atoms with Crippen LogP contribution in [0.5, 0.6) is 11.5 Å². The Morgan fingerprint density at radius 2 is 1.62 bits per heavy atom. The number of nitrogens with zero attached hydrogens (tertiary/aromatic N) is 1. The number of rotatable bonds is 6. The molecule has 3 aromatic carbocycles. The van der Waals surface area contributed by atoms with E-state index < -0.39 is 41.7 Å². The first kappa shape index (κ1) is 36.0. The molecular formula is C38H44FN5O6. The highest BCUT2D eigenvalue weighted by Gasteiger charge is 2.35. The molecule has 4 bridgehead atoms. The number of carbonyl (C=O) groups is 5. The Labute approximate surface area is 291 Å². The van der Waals surface area contributed by atoms with E-state index in [0.29, 0.717) is 36.4 Å². The quantitative estimate of drug-likeness (QED) is 0.294. The summed E-state index contributed by atoms with van der Waals surface area (Å²) in [6, 6.07) is 16.9. The van der Waals surface area contributed by atoms with Crippen LogP contribution in [0.25, 0.3) is 0 Å². The highest BCUT2D eigenvalue weighted by molar-refractivity contribution is 5.94. The van der Waals surface area contributed by atoms with Crippen LogP contribution in [0.4, 0.5) is 4.39 Å². The second kappa shape index (κ2) is 16.4. The van der Waals surface area contributed by atoms with Crippen molar-refractivity contribution in [2.45, 2.75) is 77.0 Å². The second-order valence-electron chi connectivity index (χ2n) is 13.4. The Morgan fingerprint density at radius 3 is 2.32 bits per heavy atom. The zero-order chi connectivity index (χ0) is 35.8. The summed E-state index contributed by atoms with van der Waals surface area (Å²) >= 11 is 0. The minimum atomic E-state index is -1.03. The average molecular weight is 686 g/mol. The molecule has 0 spiro atoms. The van der Waals surface area contributed by atoms with E-state index in [1.165, 1.54) is 25.1 Å². The Morgan fingerprint density at radius 1 is 0.920 bits per heavy atom. The predicted octanol–water partition coefficient (Wildman–Crippen LogP) is 3.20. The average Bonchev–Trinajstić information content (AvgIpc) is 3.53. The van der Waals surface area contributed by atoms with Crippen LogP contribution in [0, 0.1) is 11.7 Å². The van der Waals surface area contributed by atoms with Crippen LogP contribution in [0.15, 0.2) is 72.8 Å². The number of carbonyl (C=O) groups excluding carboxylic acids is 5. The van der Waals surface area contributed by atoms with Gasteiger partial charge in [0, 0.05) is 38.9 Å². The molecule has 1 fully saturated rings. The first-order chi connectivity index (χ1) is 23.9. The summed E-state index contributed by atoms with van der Waals surface area (Å²) in [5.41, 5.74) is 1.99. The lowest BCUT2D eigenvalue weighted by Gasteiger charge is -2.28. The third-order valence-electron chi connectivity index (χ3n) is 8.75. The first-order valence-corrected chi connectivity index (χ1v) is 17.0. The zero-order valence-electron chi connectivity index (χ0n) is 28.5. The van der Waals surface area contributed by atoms with Gasteiger partial charge in [0.15, 0.2) is 11.6 Å². The predicted molar refractivity (Wildman–Crippen MR) is 185 cm³/mol. The molecule has 3 aliphatic heterocycles. The van der Waals surface area contributed by atoms with Gasteiger partial charge >= 0.3 is 0 Å².